The highest BCUT2D eigenvalue weighted by Gasteiger charge is 2.20. The van der Waals surface area contributed by atoms with Crippen molar-refractivity contribution in [2.24, 2.45) is 0 Å². The fraction of sp³-hybridized carbons (Fsp3) is 0.308. The van der Waals surface area contributed by atoms with Crippen LogP contribution >= 0.6 is 0 Å². The summed E-state index contributed by atoms with van der Waals surface area (Å²) in [6, 6.07) is 4.26. The lowest BCUT2D eigenvalue weighted by Gasteiger charge is -2.24. The summed E-state index contributed by atoms with van der Waals surface area (Å²) >= 11 is 0. The molecule has 0 radical (unpaired) electrons. The molecule has 0 saturated heterocycles. The van der Waals surface area contributed by atoms with Gasteiger partial charge < -0.3 is 10.1 Å². The lowest BCUT2D eigenvalue weighted by Crippen LogP contribution is -2.43. The van der Waals surface area contributed by atoms with E-state index in [1.807, 2.05) is 0 Å². The quantitative estimate of drug-likeness (QED) is 0.754. The summed E-state index contributed by atoms with van der Waals surface area (Å²) in [7, 11) is 0. The number of nitrogens with zero attached hydrogens (tertiary/aromatic N) is 1. The van der Waals surface area contributed by atoms with Crippen LogP contribution in [0, 0.1) is 0 Å². The van der Waals surface area contributed by atoms with E-state index >= 15 is 0 Å². The van der Waals surface area contributed by atoms with Gasteiger partial charge in [0.25, 0.3) is 0 Å². The molecule has 6 heteroatoms. The summed E-state index contributed by atoms with van der Waals surface area (Å²) in [5.74, 6) is -1.08. The number of aromatic nitrogens is 2. The second-order valence-corrected chi connectivity index (χ2v) is 5.30. The molecule has 0 aliphatic heterocycles. The monoisotopic (exact) mass is 262 g/mol. The molecule has 0 aliphatic rings. The molecule has 0 fully saturated rings. The maximum atomic E-state index is 12.0. The van der Waals surface area contributed by atoms with Crippen molar-refractivity contribution >= 4 is 17.0 Å². The zero-order valence-corrected chi connectivity index (χ0v) is 10.9. The Hall–Kier alpha value is -2.37. The van der Waals surface area contributed by atoms with E-state index in [0.29, 0.717) is 11.0 Å². The third kappa shape index (κ3) is 2.16. The van der Waals surface area contributed by atoms with E-state index in [1.165, 1.54) is 22.8 Å². The van der Waals surface area contributed by atoms with E-state index in [2.05, 4.69) is 4.98 Å². The van der Waals surface area contributed by atoms with Gasteiger partial charge in [-0.3, -0.25) is 14.2 Å². The molecule has 100 valence electrons. The molecule has 1 aromatic carbocycles. The van der Waals surface area contributed by atoms with Crippen LogP contribution in [0.2, 0.25) is 0 Å². The number of hydrogen-bond donors (Lipinski definition) is 2. The molecule has 0 atom stereocenters. The third-order valence-corrected chi connectivity index (χ3v) is 2.80. The lowest BCUT2D eigenvalue weighted by atomic mass is 10.1. The highest BCUT2D eigenvalue weighted by Crippen LogP contribution is 2.19. The Morgan fingerprint density at radius 1 is 1.26 bits per heavy atom. The van der Waals surface area contributed by atoms with E-state index in [1.54, 1.807) is 20.8 Å². The van der Waals surface area contributed by atoms with Crippen LogP contribution in [0.4, 0.5) is 0 Å². The van der Waals surface area contributed by atoms with Gasteiger partial charge in [-0.2, -0.15) is 0 Å². The predicted molar refractivity (Wildman–Crippen MR) is 70.8 cm³/mol. The average Bonchev–Trinajstić information content (AvgIpc) is 2.28. The molecule has 2 N–H and O–H groups in total. The van der Waals surface area contributed by atoms with Gasteiger partial charge in [-0.15, -0.1) is 0 Å². The van der Waals surface area contributed by atoms with Gasteiger partial charge in [0.05, 0.1) is 16.6 Å². The zero-order valence-electron chi connectivity index (χ0n) is 10.9. The van der Waals surface area contributed by atoms with Gasteiger partial charge in [0.2, 0.25) is 0 Å². The molecular formula is C13H14N2O4. The molecule has 19 heavy (non-hydrogen) atoms. The number of rotatable bonds is 1. The zero-order chi connectivity index (χ0) is 14.4. The van der Waals surface area contributed by atoms with E-state index in [0.717, 1.165) is 0 Å². The van der Waals surface area contributed by atoms with Crippen LogP contribution in [-0.2, 0) is 5.54 Å². The standard InChI is InChI=1S/C13H14N2O4/c1-13(2,3)15-9-6-7(12(18)19)4-5-8(9)14-10(16)11(15)17/h4-6H,1-3H3,(H,14,16)(H,18,19). The second kappa shape index (κ2) is 4.08. The van der Waals surface area contributed by atoms with E-state index in [9.17, 15) is 14.4 Å². The Kier molecular flexibility index (Phi) is 2.81. The van der Waals surface area contributed by atoms with E-state index in [4.69, 9.17) is 5.11 Å². The third-order valence-electron chi connectivity index (χ3n) is 2.80. The van der Waals surface area contributed by atoms with Crippen LogP contribution in [0.25, 0.3) is 11.0 Å². The summed E-state index contributed by atoms with van der Waals surface area (Å²) in [4.78, 5) is 37.0. The minimum absolute atomic E-state index is 0.0666. The molecule has 2 rings (SSSR count). The molecule has 6 nitrogen and oxygen atoms in total. The van der Waals surface area contributed by atoms with Gasteiger partial charge >= 0.3 is 17.1 Å². The number of carboxylic acids is 1. The van der Waals surface area contributed by atoms with Crippen LogP contribution in [0.5, 0.6) is 0 Å². The number of aromatic amines is 1. The Labute approximate surface area is 108 Å². The first-order valence-corrected chi connectivity index (χ1v) is 5.74. The van der Waals surface area contributed by atoms with Crippen molar-refractivity contribution in [2.75, 3.05) is 0 Å². The van der Waals surface area contributed by atoms with Gasteiger partial charge in [0, 0.05) is 5.54 Å². The maximum absolute atomic E-state index is 12.0. The number of carbonyl (C=O) groups is 1. The lowest BCUT2D eigenvalue weighted by molar-refractivity contribution is 0.0697. The van der Waals surface area contributed by atoms with Crippen molar-refractivity contribution in [3.63, 3.8) is 0 Å². The van der Waals surface area contributed by atoms with Gasteiger partial charge in [-0.05, 0) is 39.0 Å². The molecule has 0 spiro atoms. The minimum atomic E-state index is -1.08. The first-order valence-electron chi connectivity index (χ1n) is 5.74. The van der Waals surface area contributed by atoms with Gasteiger partial charge in [0.1, 0.15) is 0 Å². The first-order chi connectivity index (χ1) is 8.71. The number of hydrogen-bond acceptors (Lipinski definition) is 3. The smallest absolute Gasteiger partial charge is 0.335 e. The largest absolute Gasteiger partial charge is 0.478 e. The summed E-state index contributed by atoms with van der Waals surface area (Å²) < 4.78 is 1.31. The summed E-state index contributed by atoms with van der Waals surface area (Å²) in [5, 5.41) is 9.00. The second-order valence-electron chi connectivity index (χ2n) is 5.30. The van der Waals surface area contributed by atoms with Crippen LogP contribution in [0.1, 0.15) is 31.1 Å². The molecular weight excluding hydrogens is 248 g/mol. The van der Waals surface area contributed by atoms with Crippen molar-refractivity contribution < 1.29 is 9.90 Å². The van der Waals surface area contributed by atoms with Crippen molar-refractivity contribution in [1.82, 2.24) is 9.55 Å². The Balaban J connectivity index is 3.01. The molecule has 0 bridgehead atoms. The molecule has 1 aromatic heterocycles. The Morgan fingerprint density at radius 3 is 2.42 bits per heavy atom. The van der Waals surface area contributed by atoms with Crippen molar-refractivity contribution in [1.29, 1.82) is 0 Å². The van der Waals surface area contributed by atoms with Crippen LogP contribution in [0.15, 0.2) is 27.8 Å². The van der Waals surface area contributed by atoms with Crippen molar-refractivity contribution in [3.8, 4) is 0 Å². The molecule has 2 aromatic rings. The molecule has 0 saturated carbocycles. The fourth-order valence-electron chi connectivity index (χ4n) is 2.01. The molecule has 1 heterocycles. The number of aromatic carboxylic acids is 1. The number of fused-ring (bicyclic) bond motifs is 1. The van der Waals surface area contributed by atoms with Gasteiger partial charge in [-0.1, -0.05) is 0 Å². The van der Waals surface area contributed by atoms with E-state index in [-0.39, 0.29) is 5.56 Å². The number of benzene rings is 1. The number of H-pyrrole nitrogens is 1. The summed E-state index contributed by atoms with van der Waals surface area (Å²) in [6.45, 7) is 5.34. The number of carboxylic acid groups (broad SMARTS) is 1. The van der Waals surface area contributed by atoms with Crippen LogP contribution in [0.3, 0.4) is 0 Å². The van der Waals surface area contributed by atoms with E-state index < -0.39 is 22.6 Å². The molecule has 0 unspecified atom stereocenters. The summed E-state index contributed by atoms with van der Waals surface area (Å²) in [5.41, 5.74) is -1.13. The highest BCUT2D eigenvalue weighted by molar-refractivity contribution is 5.92. The SMILES string of the molecule is CC(C)(C)n1c(=O)c(=O)[nH]c2ccc(C(=O)O)cc21. The van der Waals surface area contributed by atoms with Gasteiger partial charge in [0.15, 0.2) is 0 Å². The van der Waals surface area contributed by atoms with Crippen molar-refractivity contribution in [3.05, 3.63) is 44.5 Å². The topological polar surface area (TPSA) is 92.2 Å². The first kappa shape index (κ1) is 13.1. The predicted octanol–water partition coefficient (Wildman–Crippen LogP) is 1.14. The molecule has 0 aliphatic carbocycles. The van der Waals surface area contributed by atoms with Crippen molar-refractivity contribution in [2.45, 2.75) is 26.3 Å². The highest BCUT2D eigenvalue weighted by atomic mass is 16.4. The van der Waals surface area contributed by atoms with Crippen LogP contribution < -0.4 is 11.1 Å². The van der Waals surface area contributed by atoms with Crippen LogP contribution in [-0.4, -0.2) is 20.6 Å². The Bertz CT molecular complexity index is 778. The fourth-order valence-corrected chi connectivity index (χ4v) is 2.01. The number of nitrogens with one attached hydrogen (secondary N) is 1. The molecule has 0 amide bonds. The maximum Gasteiger partial charge on any atom is 0.335 e. The minimum Gasteiger partial charge on any atom is -0.478 e. The normalized spacial score (nSPS) is 11.7. The average molecular weight is 262 g/mol. The summed E-state index contributed by atoms with van der Waals surface area (Å²) in [6.07, 6.45) is 0. The van der Waals surface area contributed by atoms with Gasteiger partial charge in [-0.25, -0.2) is 4.79 Å². The Morgan fingerprint density at radius 2 is 1.89 bits per heavy atom.